The first-order chi connectivity index (χ1) is 6.57. The molecule has 0 spiro atoms. The Hall–Kier alpha value is -0.970. The smallest absolute Gasteiger partial charge is 0.305 e. The molecule has 14 heavy (non-hydrogen) atoms. The van der Waals surface area contributed by atoms with Crippen LogP contribution in [0.4, 0.5) is 0 Å². The van der Waals surface area contributed by atoms with Crippen LogP contribution in [0.25, 0.3) is 0 Å². The van der Waals surface area contributed by atoms with Crippen molar-refractivity contribution in [1.29, 1.82) is 0 Å². The number of aliphatic carboxylic acids is 1. The normalized spacial score (nSPS) is 9.50. The second kappa shape index (κ2) is 7.44. The Morgan fingerprint density at radius 3 is 2.71 bits per heavy atom. The summed E-state index contributed by atoms with van der Waals surface area (Å²) in [5, 5.41) is 8.40. The summed E-state index contributed by atoms with van der Waals surface area (Å²) in [6, 6.07) is 0. The highest BCUT2D eigenvalue weighted by Gasteiger charge is 2.09. The molecule has 0 atom stereocenters. The zero-order chi connectivity index (χ0) is 11.0. The zero-order valence-electron chi connectivity index (χ0n) is 8.23. The maximum Gasteiger partial charge on any atom is 0.305 e. The number of amides is 1. The van der Waals surface area contributed by atoms with Crippen molar-refractivity contribution in [3.63, 3.8) is 0 Å². The van der Waals surface area contributed by atoms with E-state index < -0.39 is 5.97 Å². The van der Waals surface area contributed by atoms with Crippen molar-refractivity contribution < 1.29 is 14.7 Å². The number of carboxylic acids is 1. The maximum atomic E-state index is 11.3. The summed E-state index contributed by atoms with van der Waals surface area (Å²) >= 11 is 1.47. The Bertz CT molecular complexity index is 218. The number of carbonyl (C=O) groups excluding carboxylic acids is 1. The van der Waals surface area contributed by atoms with E-state index in [1.807, 2.05) is 0 Å². The molecule has 1 N–H and O–H groups in total. The van der Waals surface area contributed by atoms with Crippen molar-refractivity contribution in [2.45, 2.75) is 6.42 Å². The van der Waals surface area contributed by atoms with Crippen LogP contribution in [-0.2, 0) is 9.59 Å². The van der Waals surface area contributed by atoms with Crippen LogP contribution >= 0.6 is 11.8 Å². The molecule has 0 aromatic rings. The van der Waals surface area contributed by atoms with E-state index in [-0.39, 0.29) is 18.9 Å². The number of hydrogen-bond donors (Lipinski definition) is 1. The second-order valence-corrected chi connectivity index (χ2v) is 3.79. The molecule has 0 saturated carbocycles. The summed E-state index contributed by atoms with van der Waals surface area (Å²) in [5.41, 5.74) is 0. The third-order valence-electron chi connectivity index (χ3n) is 1.55. The van der Waals surface area contributed by atoms with Gasteiger partial charge in [-0.05, 0) is 0 Å². The van der Waals surface area contributed by atoms with E-state index in [0.717, 1.165) is 5.75 Å². The molecule has 0 bridgehead atoms. The summed E-state index contributed by atoms with van der Waals surface area (Å²) in [7, 11) is 1.61. The molecule has 80 valence electrons. The fraction of sp³-hybridized carbons (Fsp3) is 0.556. The largest absolute Gasteiger partial charge is 0.481 e. The SMILES string of the molecule is C=CCSCC(=O)N(C)CCC(=O)O. The van der Waals surface area contributed by atoms with Crippen molar-refractivity contribution in [2.24, 2.45) is 0 Å². The van der Waals surface area contributed by atoms with Gasteiger partial charge in [-0.2, -0.15) is 0 Å². The monoisotopic (exact) mass is 217 g/mol. The molecule has 0 radical (unpaired) electrons. The second-order valence-electron chi connectivity index (χ2n) is 2.76. The number of carbonyl (C=O) groups is 2. The molecular formula is C9H15NO3S. The summed E-state index contributed by atoms with van der Waals surface area (Å²) in [4.78, 5) is 23.0. The number of hydrogen-bond acceptors (Lipinski definition) is 3. The van der Waals surface area contributed by atoms with Gasteiger partial charge in [0, 0.05) is 19.3 Å². The Kier molecular flexibility index (Phi) is 6.92. The van der Waals surface area contributed by atoms with Crippen molar-refractivity contribution in [3.8, 4) is 0 Å². The minimum Gasteiger partial charge on any atom is -0.481 e. The minimum atomic E-state index is -0.886. The standard InChI is InChI=1S/C9H15NO3S/c1-3-6-14-7-8(11)10(2)5-4-9(12)13/h3H,1,4-7H2,2H3,(H,12,13). The molecule has 0 aromatic heterocycles. The molecule has 1 amide bonds. The van der Waals surface area contributed by atoms with Crippen LogP contribution in [0.15, 0.2) is 12.7 Å². The molecule has 5 heteroatoms. The van der Waals surface area contributed by atoms with Gasteiger partial charge in [0.1, 0.15) is 0 Å². The summed E-state index contributed by atoms with van der Waals surface area (Å²) < 4.78 is 0. The van der Waals surface area contributed by atoms with Crippen LogP contribution in [0, 0.1) is 0 Å². The van der Waals surface area contributed by atoms with Crippen molar-refractivity contribution in [1.82, 2.24) is 4.90 Å². The van der Waals surface area contributed by atoms with E-state index in [2.05, 4.69) is 6.58 Å². The van der Waals surface area contributed by atoms with Crippen molar-refractivity contribution in [3.05, 3.63) is 12.7 Å². The van der Waals surface area contributed by atoms with Crippen LogP contribution < -0.4 is 0 Å². The highest BCUT2D eigenvalue weighted by Crippen LogP contribution is 2.01. The van der Waals surface area contributed by atoms with Gasteiger partial charge in [-0.3, -0.25) is 9.59 Å². The first-order valence-electron chi connectivity index (χ1n) is 4.22. The lowest BCUT2D eigenvalue weighted by atomic mass is 10.4. The van der Waals surface area contributed by atoms with Gasteiger partial charge in [-0.1, -0.05) is 6.08 Å². The fourth-order valence-corrected chi connectivity index (χ4v) is 1.41. The number of rotatable bonds is 7. The van der Waals surface area contributed by atoms with Crippen LogP contribution in [0.2, 0.25) is 0 Å². The van der Waals surface area contributed by atoms with E-state index >= 15 is 0 Å². The lowest BCUT2D eigenvalue weighted by Crippen LogP contribution is -2.30. The van der Waals surface area contributed by atoms with Crippen LogP contribution in [-0.4, -0.2) is 47.0 Å². The van der Waals surface area contributed by atoms with E-state index in [1.54, 1.807) is 13.1 Å². The van der Waals surface area contributed by atoms with Gasteiger partial charge in [-0.25, -0.2) is 0 Å². The van der Waals surface area contributed by atoms with Gasteiger partial charge in [0.2, 0.25) is 5.91 Å². The van der Waals surface area contributed by atoms with Gasteiger partial charge in [0.05, 0.1) is 12.2 Å². The van der Waals surface area contributed by atoms with Crippen LogP contribution in [0.1, 0.15) is 6.42 Å². The Morgan fingerprint density at radius 1 is 1.57 bits per heavy atom. The first kappa shape index (κ1) is 13.0. The van der Waals surface area contributed by atoms with Gasteiger partial charge in [0.25, 0.3) is 0 Å². The Labute approximate surface area is 88.0 Å². The molecule has 0 fully saturated rings. The van der Waals surface area contributed by atoms with E-state index in [9.17, 15) is 9.59 Å². The Balaban J connectivity index is 3.64. The molecule has 0 unspecified atom stereocenters. The summed E-state index contributed by atoms with van der Waals surface area (Å²) in [5.74, 6) is 0.183. The predicted octanol–water partition coefficient (Wildman–Crippen LogP) is 0.839. The highest BCUT2D eigenvalue weighted by atomic mass is 32.2. The van der Waals surface area contributed by atoms with E-state index in [0.29, 0.717) is 5.75 Å². The number of thioether (sulfide) groups is 1. The zero-order valence-corrected chi connectivity index (χ0v) is 9.05. The van der Waals surface area contributed by atoms with E-state index in [4.69, 9.17) is 5.11 Å². The van der Waals surface area contributed by atoms with Gasteiger partial charge in [-0.15, -0.1) is 18.3 Å². The van der Waals surface area contributed by atoms with Crippen LogP contribution in [0.3, 0.4) is 0 Å². The molecule has 0 aliphatic heterocycles. The maximum absolute atomic E-state index is 11.3. The predicted molar refractivity (Wildman–Crippen MR) is 57.4 cm³/mol. The molecule has 0 saturated heterocycles. The summed E-state index contributed by atoms with van der Waals surface area (Å²) in [6.45, 7) is 3.81. The molecule has 0 heterocycles. The lowest BCUT2D eigenvalue weighted by Gasteiger charge is -2.15. The quantitative estimate of drug-likeness (QED) is 0.507. The first-order valence-corrected chi connectivity index (χ1v) is 5.37. The summed E-state index contributed by atoms with van der Waals surface area (Å²) in [6.07, 6.45) is 1.73. The highest BCUT2D eigenvalue weighted by molar-refractivity contribution is 8.00. The minimum absolute atomic E-state index is 0.00559. The molecule has 0 aliphatic rings. The lowest BCUT2D eigenvalue weighted by molar-refractivity contribution is -0.137. The Morgan fingerprint density at radius 2 is 2.21 bits per heavy atom. The van der Waals surface area contributed by atoms with Gasteiger partial charge in [0.15, 0.2) is 0 Å². The molecule has 0 aromatic carbocycles. The number of nitrogens with zero attached hydrogens (tertiary/aromatic N) is 1. The van der Waals surface area contributed by atoms with Gasteiger partial charge < -0.3 is 10.0 Å². The van der Waals surface area contributed by atoms with E-state index in [1.165, 1.54) is 16.7 Å². The average molecular weight is 217 g/mol. The third kappa shape index (κ3) is 6.54. The van der Waals surface area contributed by atoms with Gasteiger partial charge >= 0.3 is 5.97 Å². The molecule has 0 aliphatic carbocycles. The van der Waals surface area contributed by atoms with Crippen molar-refractivity contribution >= 4 is 23.6 Å². The topological polar surface area (TPSA) is 57.6 Å². The molecule has 4 nitrogen and oxygen atoms in total. The molecule has 0 rings (SSSR count). The van der Waals surface area contributed by atoms with Crippen molar-refractivity contribution in [2.75, 3.05) is 25.1 Å². The average Bonchev–Trinajstić information content (AvgIpc) is 2.14. The van der Waals surface area contributed by atoms with Crippen LogP contribution in [0.5, 0.6) is 0 Å². The third-order valence-corrected chi connectivity index (χ3v) is 2.47. The number of carboxylic acid groups (broad SMARTS) is 1. The fourth-order valence-electron chi connectivity index (χ4n) is 0.728. The molecular weight excluding hydrogens is 202 g/mol.